The fourth-order valence-electron chi connectivity index (χ4n) is 5.18. The fraction of sp³-hybridized carbons (Fsp3) is 0.370. The molecular formula is C27H28FN3O3. The second-order valence-corrected chi connectivity index (χ2v) is 8.90. The van der Waals surface area contributed by atoms with Gasteiger partial charge < -0.3 is 14.4 Å². The number of hydrogen-bond acceptors (Lipinski definition) is 5. The topological polar surface area (TPSA) is 64.5 Å². The summed E-state index contributed by atoms with van der Waals surface area (Å²) in [6.45, 7) is 1.61. The van der Waals surface area contributed by atoms with Crippen LogP contribution in [0.5, 0.6) is 5.75 Å². The van der Waals surface area contributed by atoms with E-state index in [2.05, 4.69) is 4.98 Å². The Labute approximate surface area is 198 Å². The first-order valence-electron chi connectivity index (χ1n) is 11.7. The Morgan fingerprint density at radius 2 is 1.97 bits per heavy atom. The number of aromatic nitrogens is 2. The van der Waals surface area contributed by atoms with E-state index in [-0.39, 0.29) is 17.8 Å². The van der Waals surface area contributed by atoms with Crippen molar-refractivity contribution in [3.63, 3.8) is 0 Å². The number of rotatable bonds is 5. The number of likely N-dealkylation sites (tertiary alicyclic amines) is 1. The van der Waals surface area contributed by atoms with E-state index in [1.165, 1.54) is 12.1 Å². The van der Waals surface area contributed by atoms with Crippen molar-refractivity contribution in [3.05, 3.63) is 77.9 Å². The minimum atomic E-state index is -0.786. The highest BCUT2D eigenvalue weighted by Crippen LogP contribution is 2.42. The van der Waals surface area contributed by atoms with Gasteiger partial charge in [0.2, 0.25) is 5.91 Å². The van der Waals surface area contributed by atoms with Gasteiger partial charge in [-0.15, -0.1) is 0 Å². The lowest BCUT2D eigenvalue weighted by Crippen LogP contribution is -2.49. The molecule has 34 heavy (non-hydrogen) atoms. The van der Waals surface area contributed by atoms with Crippen LogP contribution in [0.15, 0.2) is 60.8 Å². The van der Waals surface area contributed by atoms with Gasteiger partial charge in [0.1, 0.15) is 11.6 Å². The van der Waals surface area contributed by atoms with E-state index in [4.69, 9.17) is 14.5 Å². The summed E-state index contributed by atoms with van der Waals surface area (Å²) in [4.78, 5) is 25.4. The number of ether oxygens (including phenoxy) is 2. The molecule has 0 spiro atoms. The number of carbonyl (C=O) groups is 1. The molecule has 0 saturated carbocycles. The van der Waals surface area contributed by atoms with Crippen LogP contribution in [0, 0.1) is 5.82 Å². The lowest BCUT2D eigenvalue weighted by Gasteiger charge is -2.40. The normalized spacial score (nSPS) is 19.7. The third kappa shape index (κ3) is 4.16. The summed E-state index contributed by atoms with van der Waals surface area (Å²) in [5.74, 6) is 1.04. The molecule has 0 aliphatic carbocycles. The van der Waals surface area contributed by atoms with Crippen LogP contribution in [-0.4, -0.2) is 47.6 Å². The minimum absolute atomic E-state index is 0.0328. The summed E-state index contributed by atoms with van der Waals surface area (Å²) in [7, 11) is 1.63. The third-order valence-electron chi connectivity index (χ3n) is 6.99. The third-order valence-corrected chi connectivity index (χ3v) is 6.99. The van der Waals surface area contributed by atoms with Crippen LogP contribution in [0.3, 0.4) is 0 Å². The second-order valence-electron chi connectivity index (χ2n) is 8.90. The molecule has 0 unspecified atom stereocenters. The first-order valence-corrected chi connectivity index (χ1v) is 11.7. The summed E-state index contributed by atoms with van der Waals surface area (Å²) in [5, 5.41) is 0. The zero-order chi connectivity index (χ0) is 23.5. The number of nitrogens with zero attached hydrogens (tertiary/aromatic N) is 3. The quantitative estimate of drug-likeness (QED) is 0.551. The predicted octanol–water partition coefficient (Wildman–Crippen LogP) is 4.70. The van der Waals surface area contributed by atoms with E-state index in [9.17, 15) is 9.18 Å². The Hall–Kier alpha value is -3.32. The van der Waals surface area contributed by atoms with Crippen molar-refractivity contribution in [2.45, 2.75) is 37.1 Å². The molecule has 0 bridgehead atoms. The van der Waals surface area contributed by atoms with E-state index in [1.807, 2.05) is 41.3 Å². The van der Waals surface area contributed by atoms with Crippen LogP contribution in [0.25, 0.3) is 11.4 Å². The average molecular weight is 462 g/mol. The SMILES string of the molecule is COc1cccc(-c2nccc([C@@H]3CCCN3C(=O)C3(c4cccc(F)c4)CCOCC3)n2)c1. The standard InChI is InChI=1S/C27H28FN3O3/c1-33-22-8-2-5-19(17-22)25-29-13-10-23(30-25)24-9-4-14-31(24)26(32)27(11-15-34-16-12-27)20-6-3-7-21(28)18-20/h2-3,5-8,10,13,17-18,24H,4,9,11-12,14-16H2,1H3/t24-/m0/s1. The molecule has 2 saturated heterocycles. The highest BCUT2D eigenvalue weighted by atomic mass is 19.1. The smallest absolute Gasteiger partial charge is 0.233 e. The van der Waals surface area contributed by atoms with Gasteiger partial charge in [0, 0.05) is 31.5 Å². The van der Waals surface area contributed by atoms with E-state index in [0.717, 1.165) is 35.4 Å². The summed E-state index contributed by atoms with van der Waals surface area (Å²) >= 11 is 0. The lowest BCUT2D eigenvalue weighted by molar-refractivity contribution is -0.142. The van der Waals surface area contributed by atoms with Crippen molar-refractivity contribution in [3.8, 4) is 17.1 Å². The predicted molar refractivity (Wildman–Crippen MR) is 126 cm³/mol. The van der Waals surface area contributed by atoms with Crippen LogP contribution in [0.1, 0.15) is 43.0 Å². The van der Waals surface area contributed by atoms with Crippen molar-refractivity contribution in [1.82, 2.24) is 14.9 Å². The first-order chi connectivity index (χ1) is 16.6. The number of halogens is 1. The molecule has 1 atom stereocenters. The molecule has 3 heterocycles. The Morgan fingerprint density at radius 3 is 2.76 bits per heavy atom. The largest absolute Gasteiger partial charge is 0.497 e. The van der Waals surface area contributed by atoms with Crippen LogP contribution in [0.2, 0.25) is 0 Å². The van der Waals surface area contributed by atoms with Gasteiger partial charge in [-0.2, -0.15) is 0 Å². The van der Waals surface area contributed by atoms with Gasteiger partial charge >= 0.3 is 0 Å². The van der Waals surface area contributed by atoms with Crippen molar-refractivity contribution >= 4 is 5.91 Å². The number of carbonyl (C=O) groups excluding carboxylic acids is 1. The zero-order valence-electron chi connectivity index (χ0n) is 19.2. The van der Waals surface area contributed by atoms with Crippen LogP contribution < -0.4 is 4.74 Å². The lowest BCUT2D eigenvalue weighted by atomic mass is 9.72. The zero-order valence-corrected chi connectivity index (χ0v) is 19.2. The van der Waals surface area contributed by atoms with Crippen LogP contribution in [0.4, 0.5) is 4.39 Å². The van der Waals surface area contributed by atoms with Crippen LogP contribution in [-0.2, 0) is 14.9 Å². The fourth-order valence-corrected chi connectivity index (χ4v) is 5.18. The minimum Gasteiger partial charge on any atom is -0.497 e. The number of methoxy groups -OCH3 is 1. The van der Waals surface area contributed by atoms with E-state index in [1.54, 1.807) is 19.4 Å². The van der Waals surface area contributed by atoms with E-state index >= 15 is 0 Å². The second kappa shape index (κ2) is 9.50. The van der Waals surface area contributed by atoms with Gasteiger partial charge in [-0.05, 0) is 61.6 Å². The number of hydrogen-bond donors (Lipinski definition) is 0. The summed E-state index contributed by atoms with van der Waals surface area (Å²) in [6.07, 6.45) is 4.55. The maximum absolute atomic E-state index is 14.2. The van der Waals surface area contributed by atoms with Crippen LogP contribution >= 0.6 is 0 Å². The molecule has 2 aromatic carbocycles. The maximum Gasteiger partial charge on any atom is 0.233 e. The molecule has 176 valence electrons. The molecule has 3 aromatic rings. The molecule has 1 amide bonds. The summed E-state index contributed by atoms with van der Waals surface area (Å²) < 4.78 is 25.1. The molecule has 0 N–H and O–H groups in total. The average Bonchev–Trinajstić information content (AvgIpc) is 3.39. The van der Waals surface area contributed by atoms with Crippen molar-refractivity contribution < 1.29 is 18.7 Å². The van der Waals surface area contributed by atoms with E-state index in [0.29, 0.717) is 38.4 Å². The first kappa shape index (κ1) is 22.5. The Kier molecular flexibility index (Phi) is 6.28. The molecule has 0 radical (unpaired) electrons. The van der Waals surface area contributed by atoms with Gasteiger partial charge in [0.25, 0.3) is 0 Å². The Bertz CT molecular complexity index is 1180. The molecular weight excluding hydrogens is 433 g/mol. The van der Waals surface area contributed by atoms with Gasteiger partial charge in [-0.25, -0.2) is 14.4 Å². The summed E-state index contributed by atoms with van der Waals surface area (Å²) in [5.41, 5.74) is 1.62. The molecule has 6 nitrogen and oxygen atoms in total. The van der Waals surface area contributed by atoms with Gasteiger partial charge in [0.05, 0.1) is 24.3 Å². The monoisotopic (exact) mass is 461 g/mol. The Balaban J connectivity index is 1.48. The highest BCUT2D eigenvalue weighted by Gasteiger charge is 2.47. The number of benzene rings is 2. The molecule has 7 heteroatoms. The number of amides is 1. The molecule has 1 aromatic heterocycles. The molecule has 2 fully saturated rings. The molecule has 2 aliphatic rings. The van der Waals surface area contributed by atoms with Gasteiger partial charge in [-0.1, -0.05) is 24.3 Å². The summed E-state index contributed by atoms with van der Waals surface area (Å²) in [6, 6.07) is 15.8. The highest BCUT2D eigenvalue weighted by molar-refractivity contribution is 5.89. The Morgan fingerprint density at radius 1 is 1.15 bits per heavy atom. The van der Waals surface area contributed by atoms with Crippen molar-refractivity contribution in [2.24, 2.45) is 0 Å². The molecule has 5 rings (SSSR count). The van der Waals surface area contributed by atoms with Gasteiger partial charge in [0.15, 0.2) is 5.82 Å². The van der Waals surface area contributed by atoms with Crippen molar-refractivity contribution in [2.75, 3.05) is 26.9 Å². The van der Waals surface area contributed by atoms with E-state index < -0.39 is 5.41 Å². The maximum atomic E-state index is 14.2. The van der Waals surface area contributed by atoms with Crippen molar-refractivity contribution in [1.29, 1.82) is 0 Å². The molecule has 2 aliphatic heterocycles. The van der Waals surface area contributed by atoms with Gasteiger partial charge in [-0.3, -0.25) is 4.79 Å².